The Labute approximate surface area is 116 Å². The van der Waals surface area contributed by atoms with Crippen molar-refractivity contribution in [1.82, 2.24) is 15.5 Å². The molecule has 3 rings (SSSR count). The molecule has 0 saturated carbocycles. The number of benzene rings is 1. The molecule has 0 spiro atoms. The lowest BCUT2D eigenvalue weighted by atomic mass is 10.1. The van der Waals surface area contributed by atoms with E-state index in [4.69, 9.17) is 0 Å². The molecule has 0 radical (unpaired) electrons. The number of hydrogen-bond donors (Lipinski definition) is 1. The van der Waals surface area contributed by atoms with Crippen LogP contribution in [0.1, 0.15) is 16.5 Å². The summed E-state index contributed by atoms with van der Waals surface area (Å²) in [7, 11) is 0. The van der Waals surface area contributed by atoms with Crippen LogP contribution in [0.25, 0.3) is 0 Å². The van der Waals surface area contributed by atoms with E-state index in [9.17, 15) is 0 Å². The third kappa shape index (κ3) is 3.12. The third-order valence-electron chi connectivity index (χ3n) is 2.87. The zero-order valence-electron chi connectivity index (χ0n) is 10.4. The molecule has 0 aliphatic carbocycles. The number of rotatable bonds is 3. The average Bonchev–Trinajstić information content (AvgIpc) is 2.96. The second kappa shape index (κ2) is 5.84. The Kier molecular flexibility index (Phi) is 3.74. The molecule has 5 heteroatoms. The van der Waals surface area contributed by atoms with Gasteiger partial charge < -0.3 is 5.32 Å². The Morgan fingerprint density at radius 2 is 2.05 bits per heavy atom. The maximum atomic E-state index is 4.53. The largest absolute Gasteiger partial charge is 0.359 e. The molecule has 0 amide bonds. The van der Waals surface area contributed by atoms with Gasteiger partial charge in [0.2, 0.25) is 0 Å². The van der Waals surface area contributed by atoms with E-state index < -0.39 is 0 Å². The van der Waals surface area contributed by atoms with Crippen LogP contribution in [-0.4, -0.2) is 21.9 Å². The molecular formula is C14H14N4S. The van der Waals surface area contributed by atoms with Crippen molar-refractivity contribution in [2.24, 2.45) is 4.99 Å². The smallest absolute Gasteiger partial charge is 0.157 e. The van der Waals surface area contributed by atoms with Crippen LogP contribution in [0.4, 0.5) is 0 Å². The first kappa shape index (κ1) is 12.2. The van der Waals surface area contributed by atoms with E-state index in [0.717, 1.165) is 17.4 Å². The Hall–Kier alpha value is -1.88. The predicted molar refractivity (Wildman–Crippen MR) is 77.9 cm³/mol. The highest BCUT2D eigenvalue weighted by molar-refractivity contribution is 8.14. The van der Waals surface area contributed by atoms with Gasteiger partial charge in [0, 0.05) is 6.20 Å². The summed E-state index contributed by atoms with van der Waals surface area (Å²) in [6.07, 6.45) is 1.68. The number of nitrogens with one attached hydrogen (secondary N) is 1. The van der Waals surface area contributed by atoms with Gasteiger partial charge in [-0.05, 0) is 17.7 Å². The fourth-order valence-corrected chi connectivity index (χ4v) is 2.92. The van der Waals surface area contributed by atoms with E-state index in [0.29, 0.717) is 11.8 Å². The van der Waals surface area contributed by atoms with Crippen molar-refractivity contribution >= 4 is 16.9 Å². The van der Waals surface area contributed by atoms with E-state index in [-0.39, 0.29) is 0 Å². The molecule has 2 aromatic rings. The van der Waals surface area contributed by atoms with Gasteiger partial charge in [-0.2, -0.15) is 10.2 Å². The minimum Gasteiger partial charge on any atom is -0.359 e. The molecule has 2 heterocycles. The SMILES string of the molecule is c1ccc(C2CN=C(NCc3cccnn3)S2)cc1. The number of aromatic nitrogens is 2. The van der Waals surface area contributed by atoms with Crippen LogP contribution in [0, 0.1) is 0 Å². The molecule has 1 unspecified atom stereocenters. The predicted octanol–water partition coefficient (Wildman–Crippen LogP) is 2.41. The molecule has 96 valence electrons. The maximum Gasteiger partial charge on any atom is 0.157 e. The highest BCUT2D eigenvalue weighted by Crippen LogP contribution is 2.34. The number of nitrogens with zero attached hydrogens (tertiary/aromatic N) is 3. The number of amidine groups is 1. The molecule has 1 aromatic carbocycles. The number of thioether (sulfide) groups is 1. The van der Waals surface area contributed by atoms with Gasteiger partial charge in [0.25, 0.3) is 0 Å². The third-order valence-corrected chi connectivity index (χ3v) is 4.08. The molecule has 1 atom stereocenters. The minimum atomic E-state index is 0.422. The van der Waals surface area contributed by atoms with Gasteiger partial charge >= 0.3 is 0 Å². The van der Waals surface area contributed by atoms with Crippen molar-refractivity contribution in [1.29, 1.82) is 0 Å². The van der Waals surface area contributed by atoms with E-state index in [2.05, 4.69) is 44.8 Å². The zero-order chi connectivity index (χ0) is 12.9. The summed E-state index contributed by atoms with van der Waals surface area (Å²) >= 11 is 1.77. The summed E-state index contributed by atoms with van der Waals surface area (Å²) in [5.74, 6) is 0. The fourth-order valence-electron chi connectivity index (χ4n) is 1.91. The van der Waals surface area contributed by atoms with Crippen LogP contribution in [-0.2, 0) is 6.54 Å². The van der Waals surface area contributed by atoms with Crippen molar-refractivity contribution < 1.29 is 0 Å². The molecule has 1 aromatic heterocycles. The fraction of sp³-hybridized carbons (Fsp3) is 0.214. The van der Waals surface area contributed by atoms with Crippen LogP contribution in [0.5, 0.6) is 0 Å². The van der Waals surface area contributed by atoms with Gasteiger partial charge in [0.15, 0.2) is 5.17 Å². The van der Waals surface area contributed by atoms with Gasteiger partial charge in [-0.3, -0.25) is 4.99 Å². The highest BCUT2D eigenvalue weighted by atomic mass is 32.2. The van der Waals surface area contributed by atoms with Crippen LogP contribution in [0.2, 0.25) is 0 Å². The van der Waals surface area contributed by atoms with E-state index >= 15 is 0 Å². The second-order valence-electron chi connectivity index (χ2n) is 4.23. The van der Waals surface area contributed by atoms with Crippen LogP contribution in [0.3, 0.4) is 0 Å². The zero-order valence-corrected chi connectivity index (χ0v) is 11.2. The summed E-state index contributed by atoms with van der Waals surface area (Å²) in [4.78, 5) is 4.53. The summed E-state index contributed by atoms with van der Waals surface area (Å²) in [5.41, 5.74) is 2.25. The summed E-state index contributed by atoms with van der Waals surface area (Å²) < 4.78 is 0. The Bertz CT molecular complexity index is 556. The average molecular weight is 270 g/mol. The van der Waals surface area contributed by atoms with Gasteiger partial charge in [-0.15, -0.1) is 0 Å². The van der Waals surface area contributed by atoms with E-state index in [1.807, 2.05) is 18.2 Å². The van der Waals surface area contributed by atoms with Gasteiger partial charge in [0.05, 0.1) is 24.0 Å². The van der Waals surface area contributed by atoms with E-state index in [1.54, 1.807) is 18.0 Å². The molecule has 19 heavy (non-hydrogen) atoms. The van der Waals surface area contributed by atoms with Crippen LogP contribution >= 0.6 is 11.8 Å². The number of aliphatic imine (C=N–C) groups is 1. The summed E-state index contributed by atoms with van der Waals surface area (Å²) in [6.45, 7) is 1.50. The first-order valence-electron chi connectivity index (χ1n) is 6.18. The van der Waals surface area contributed by atoms with Crippen molar-refractivity contribution in [3.05, 3.63) is 59.9 Å². The molecule has 1 aliphatic heterocycles. The van der Waals surface area contributed by atoms with Crippen molar-refractivity contribution in [2.45, 2.75) is 11.8 Å². The van der Waals surface area contributed by atoms with Gasteiger partial charge in [0.1, 0.15) is 0 Å². The monoisotopic (exact) mass is 270 g/mol. The van der Waals surface area contributed by atoms with Gasteiger partial charge in [-0.25, -0.2) is 0 Å². The molecule has 1 N–H and O–H groups in total. The minimum absolute atomic E-state index is 0.422. The second-order valence-corrected chi connectivity index (χ2v) is 5.42. The van der Waals surface area contributed by atoms with Crippen molar-refractivity contribution in [3.8, 4) is 0 Å². The lowest BCUT2D eigenvalue weighted by Gasteiger charge is -2.08. The molecule has 0 bridgehead atoms. The maximum absolute atomic E-state index is 4.53. The van der Waals surface area contributed by atoms with Crippen molar-refractivity contribution in [3.63, 3.8) is 0 Å². The lowest BCUT2D eigenvalue weighted by Crippen LogP contribution is -2.19. The Balaban J connectivity index is 1.55. The highest BCUT2D eigenvalue weighted by Gasteiger charge is 2.20. The molecule has 0 fully saturated rings. The standard InChI is InChI=1S/C14H14N4S/c1-2-5-11(6-3-1)13-10-16-14(19-13)15-9-12-7-4-8-17-18-12/h1-8,13H,9-10H2,(H,15,16). The molecular weight excluding hydrogens is 256 g/mol. The first-order chi connectivity index (χ1) is 9.42. The topological polar surface area (TPSA) is 50.2 Å². The quantitative estimate of drug-likeness (QED) is 0.930. The Morgan fingerprint density at radius 3 is 2.84 bits per heavy atom. The lowest BCUT2D eigenvalue weighted by molar-refractivity contribution is 0.834. The summed E-state index contributed by atoms with van der Waals surface area (Å²) in [5, 5.41) is 12.6. The number of hydrogen-bond acceptors (Lipinski definition) is 5. The molecule has 0 saturated heterocycles. The van der Waals surface area contributed by atoms with Crippen molar-refractivity contribution in [2.75, 3.05) is 6.54 Å². The van der Waals surface area contributed by atoms with E-state index in [1.165, 1.54) is 5.56 Å². The first-order valence-corrected chi connectivity index (χ1v) is 7.06. The molecule has 4 nitrogen and oxygen atoms in total. The van der Waals surface area contributed by atoms with Gasteiger partial charge in [-0.1, -0.05) is 42.1 Å². The van der Waals surface area contributed by atoms with Crippen LogP contribution < -0.4 is 5.32 Å². The Morgan fingerprint density at radius 1 is 1.16 bits per heavy atom. The molecule has 1 aliphatic rings. The normalized spacial score (nSPS) is 18.1. The van der Waals surface area contributed by atoms with Crippen LogP contribution in [0.15, 0.2) is 53.7 Å². The summed E-state index contributed by atoms with van der Waals surface area (Å²) in [6, 6.07) is 14.3.